The Balaban J connectivity index is 2.32. The van der Waals surface area contributed by atoms with Crippen LogP contribution in [-0.2, 0) is 0 Å². The first kappa shape index (κ1) is 11.5. The molecule has 1 heterocycles. The van der Waals surface area contributed by atoms with Gasteiger partial charge in [-0.25, -0.2) is 0 Å². The van der Waals surface area contributed by atoms with E-state index in [1.165, 1.54) is 5.39 Å². The van der Waals surface area contributed by atoms with Gasteiger partial charge in [0.15, 0.2) is 0 Å². The molecule has 3 aromatic carbocycles. The zero-order valence-electron chi connectivity index (χ0n) is 9.78. The Hall–Kier alpha value is -1.32. The molecule has 0 spiro atoms. The smallest absolute Gasteiger partial charge is 0.143 e. The van der Waals surface area contributed by atoms with Crippen molar-refractivity contribution in [3.8, 4) is 0 Å². The highest BCUT2D eigenvalue weighted by atomic mass is 79.9. The average molecular weight is 376 g/mol. The number of halogens is 2. The van der Waals surface area contributed by atoms with Gasteiger partial charge < -0.3 is 4.42 Å². The van der Waals surface area contributed by atoms with E-state index in [0.29, 0.717) is 0 Å². The lowest BCUT2D eigenvalue weighted by atomic mass is 10.1. The van der Waals surface area contributed by atoms with Gasteiger partial charge in [-0.2, -0.15) is 0 Å². The first-order valence-corrected chi connectivity index (χ1v) is 7.51. The molecule has 4 rings (SSSR count). The molecule has 1 nitrogen and oxygen atoms in total. The topological polar surface area (TPSA) is 13.1 Å². The van der Waals surface area contributed by atoms with Gasteiger partial charge >= 0.3 is 0 Å². The molecule has 1 aromatic heterocycles. The SMILES string of the molecule is Brc1ccc2oc3c4ccccc4c(Br)cc3c2c1. The molecule has 3 heteroatoms. The van der Waals surface area contributed by atoms with Crippen molar-refractivity contribution in [2.24, 2.45) is 0 Å². The summed E-state index contributed by atoms with van der Waals surface area (Å²) in [6.07, 6.45) is 0. The van der Waals surface area contributed by atoms with Gasteiger partial charge in [0, 0.05) is 25.1 Å². The molecule has 92 valence electrons. The van der Waals surface area contributed by atoms with Crippen LogP contribution >= 0.6 is 31.9 Å². The second-order valence-electron chi connectivity index (χ2n) is 4.52. The van der Waals surface area contributed by atoms with E-state index >= 15 is 0 Å². The number of hydrogen-bond donors (Lipinski definition) is 0. The minimum Gasteiger partial charge on any atom is -0.455 e. The van der Waals surface area contributed by atoms with Gasteiger partial charge in [-0.1, -0.05) is 56.1 Å². The molecule has 0 saturated carbocycles. The van der Waals surface area contributed by atoms with Crippen molar-refractivity contribution in [1.82, 2.24) is 0 Å². The normalized spacial score (nSPS) is 11.7. The number of hydrogen-bond acceptors (Lipinski definition) is 1. The molecule has 0 fully saturated rings. The van der Waals surface area contributed by atoms with E-state index in [1.807, 2.05) is 24.3 Å². The van der Waals surface area contributed by atoms with Crippen LogP contribution in [0.1, 0.15) is 0 Å². The second kappa shape index (κ2) is 4.09. The van der Waals surface area contributed by atoms with Gasteiger partial charge in [0.05, 0.1) is 0 Å². The molecule has 0 saturated heterocycles. The summed E-state index contributed by atoms with van der Waals surface area (Å²) in [6.45, 7) is 0. The lowest BCUT2D eigenvalue weighted by Crippen LogP contribution is -1.75. The van der Waals surface area contributed by atoms with Gasteiger partial charge in [0.25, 0.3) is 0 Å². The standard InChI is InChI=1S/C16H8Br2O/c17-9-5-6-15-12(7-9)13-8-14(18)10-3-1-2-4-11(10)16(13)19-15/h1-8H. The molecular formula is C16H8Br2O. The fraction of sp³-hybridized carbons (Fsp3) is 0. The number of furan rings is 1. The van der Waals surface area contributed by atoms with Crippen LogP contribution in [0.5, 0.6) is 0 Å². The zero-order chi connectivity index (χ0) is 13.0. The summed E-state index contributed by atoms with van der Waals surface area (Å²) in [6, 6.07) is 16.5. The minimum atomic E-state index is 0.918. The van der Waals surface area contributed by atoms with Crippen molar-refractivity contribution in [3.63, 3.8) is 0 Å². The molecule has 0 aliphatic rings. The van der Waals surface area contributed by atoms with E-state index in [2.05, 4.69) is 56.1 Å². The van der Waals surface area contributed by atoms with E-state index in [-0.39, 0.29) is 0 Å². The summed E-state index contributed by atoms with van der Waals surface area (Å²) in [7, 11) is 0. The quantitative estimate of drug-likeness (QED) is 0.353. The van der Waals surface area contributed by atoms with Crippen molar-refractivity contribution >= 4 is 64.6 Å². The zero-order valence-corrected chi connectivity index (χ0v) is 13.0. The molecule has 19 heavy (non-hydrogen) atoms. The molecule has 0 unspecified atom stereocenters. The highest BCUT2D eigenvalue weighted by Gasteiger charge is 2.12. The Bertz CT molecular complexity index is 938. The Morgan fingerprint density at radius 2 is 1.53 bits per heavy atom. The number of fused-ring (bicyclic) bond motifs is 5. The third-order valence-electron chi connectivity index (χ3n) is 3.39. The van der Waals surface area contributed by atoms with Crippen molar-refractivity contribution in [2.75, 3.05) is 0 Å². The average Bonchev–Trinajstić information content (AvgIpc) is 2.78. The monoisotopic (exact) mass is 374 g/mol. The van der Waals surface area contributed by atoms with Crippen molar-refractivity contribution < 1.29 is 4.42 Å². The van der Waals surface area contributed by atoms with Crippen molar-refractivity contribution in [1.29, 1.82) is 0 Å². The van der Waals surface area contributed by atoms with E-state index < -0.39 is 0 Å². The predicted molar refractivity (Wildman–Crippen MR) is 86.6 cm³/mol. The van der Waals surface area contributed by atoms with E-state index in [4.69, 9.17) is 4.42 Å². The lowest BCUT2D eigenvalue weighted by molar-refractivity contribution is 0.672. The summed E-state index contributed by atoms with van der Waals surface area (Å²) in [5.41, 5.74) is 1.87. The van der Waals surface area contributed by atoms with E-state index in [1.54, 1.807) is 0 Å². The van der Waals surface area contributed by atoms with Crippen molar-refractivity contribution in [3.05, 3.63) is 57.5 Å². The molecule has 0 aliphatic carbocycles. The Kier molecular flexibility index (Phi) is 2.47. The van der Waals surface area contributed by atoms with Crippen LogP contribution in [0.15, 0.2) is 61.9 Å². The Morgan fingerprint density at radius 1 is 0.737 bits per heavy atom. The summed E-state index contributed by atoms with van der Waals surface area (Å²) in [4.78, 5) is 0. The molecule has 0 aliphatic heterocycles. The molecular weight excluding hydrogens is 368 g/mol. The lowest BCUT2D eigenvalue weighted by Gasteiger charge is -2.01. The first-order chi connectivity index (χ1) is 9.24. The largest absolute Gasteiger partial charge is 0.455 e. The van der Waals surface area contributed by atoms with E-state index in [0.717, 1.165) is 36.3 Å². The maximum Gasteiger partial charge on any atom is 0.143 e. The maximum atomic E-state index is 6.03. The molecule has 0 N–H and O–H groups in total. The Labute approximate surface area is 126 Å². The molecule has 0 bridgehead atoms. The van der Waals surface area contributed by atoms with Gasteiger partial charge in [-0.3, -0.25) is 0 Å². The van der Waals surface area contributed by atoms with Crippen molar-refractivity contribution in [2.45, 2.75) is 0 Å². The van der Waals surface area contributed by atoms with Gasteiger partial charge in [-0.15, -0.1) is 0 Å². The van der Waals surface area contributed by atoms with Crippen LogP contribution in [0.4, 0.5) is 0 Å². The third-order valence-corrected chi connectivity index (χ3v) is 4.54. The Morgan fingerprint density at radius 3 is 2.37 bits per heavy atom. The van der Waals surface area contributed by atoms with Crippen LogP contribution < -0.4 is 0 Å². The second-order valence-corrected chi connectivity index (χ2v) is 6.29. The van der Waals surface area contributed by atoms with Crippen LogP contribution in [0.25, 0.3) is 32.7 Å². The number of rotatable bonds is 0. The fourth-order valence-corrected chi connectivity index (χ4v) is 3.46. The summed E-state index contributed by atoms with van der Waals surface area (Å²) < 4.78 is 8.19. The molecule has 0 radical (unpaired) electrons. The molecule has 0 amide bonds. The molecule has 4 aromatic rings. The van der Waals surface area contributed by atoms with Crippen LogP contribution in [0.3, 0.4) is 0 Å². The maximum absolute atomic E-state index is 6.03. The predicted octanol–water partition coefficient (Wildman–Crippen LogP) is 6.26. The van der Waals surface area contributed by atoms with E-state index in [9.17, 15) is 0 Å². The van der Waals surface area contributed by atoms with Gasteiger partial charge in [0.1, 0.15) is 11.2 Å². The summed E-state index contributed by atoms with van der Waals surface area (Å²) in [5.74, 6) is 0. The van der Waals surface area contributed by atoms with Crippen LogP contribution in [0.2, 0.25) is 0 Å². The highest BCUT2D eigenvalue weighted by molar-refractivity contribution is 9.11. The highest BCUT2D eigenvalue weighted by Crippen LogP contribution is 2.38. The third kappa shape index (κ3) is 1.65. The fourth-order valence-electron chi connectivity index (χ4n) is 2.53. The number of benzene rings is 3. The summed E-state index contributed by atoms with van der Waals surface area (Å²) in [5, 5.41) is 4.59. The van der Waals surface area contributed by atoms with Crippen LogP contribution in [0, 0.1) is 0 Å². The van der Waals surface area contributed by atoms with Gasteiger partial charge in [-0.05, 0) is 29.7 Å². The summed E-state index contributed by atoms with van der Waals surface area (Å²) >= 11 is 7.17. The van der Waals surface area contributed by atoms with Crippen LogP contribution in [-0.4, -0.2) is 0 Å². The minimum absolute atomic E-state index is 0.918. The first-order valence-electron chi connectivity index (χ1n) is 5.93. The van der Waals surface area contributed by atoms with Gasteiger partial charge in [0.2, 0.25) is 0 Å². The molecule has 0 atom stereocenters.